The van der Waals surface area contributed by atoms with Gasteiger partial charge in [-0.25, -0.2) is 18.3 Å². The molecule has 0 fully saturated rings. The van der Waals surface area contributed by atoms with Crippen LogP contribution in [0.25, 0.3) is 16.6 Å². The highest BCUT2D eigenvalue weighted by Crippen LogP contribution is 2.25. The molecule has 0 atom stereocenters. The smallest absolute Gasteiger partial charge is 0.476 e. The molecule has 3 rings (SSSR count). The van der Waals surface area contributed by atoms with Crippen molar-refractivity contribution in [2.24, 2.45) is 0 Å². The fraction of sp³-hybridized carbons (Fsp3) is 0.150. The molecular formula is C20H11F5N2O6. The van der Waals surface area contributed by atoms with Crippen LogP contribution in [0.1, 0.15) is 27.3 Å². The first kappa shape index (κ1) is 23.5. The van der Waals surface area contributed by atoms with Crippen molar-refractivity contribution in [1.29, 1.82) is 0 Å². The fourth-order valence-electron chi connectivity index (χ4n) is 2.96. The normalized spacial score (nSPS) is 11.6. The van der Waals surface area contributed by atoms with E-state index in [1.54, 1.807) is 0 Å². The van der Waals surface area contributed by atoms with Crippen LogP contribution in [-0.4, -0.2) is 45.2 Å². The number of carboxylic acids is 1. The molecule has 8 nitrogen and oxygen atoms in total. The van der Waals surface area contributed by atoms with E-state index in [4.69, 9.17) is 0 Å². The maximum atomic E-state index is 12.7. The molecule has 1 N–H and O–H groups in total. The first-order valence-corrected chi connectivity index (χ1v) is 8.88. The van der Waals surface area contributed by atoms with E-state index in [1.165, 1.54) is 12.1 Å². The van der Waals surface area contributed by atoms with E-state index in [0.717, 1.165) is 35.0 Å². The molecule has 2 aromatic carbocycles. The largest absolute Gasteiger partial charge is 0.573 e. The van der Waals surface area contributed by atoms with Crippen molar-refractivity contribution in [3.8, 4) is 11.4 Å². The molecule has 0 aliphatic heterocycles. The zero-order chi connectivity index (χ0) is 24.5. The number of carboxylic acid groups (broad SMARTS) is 1. The van der Waals surface area contributed by atoms with Crippen molar-refractivity contribution in [2.45, 2.75) is 19.2 Å². The van der Waals surface area contributed by atoms with Crippen LogP contribution in [0.5, 0.6) is 5.75 Å². The van der Waals surface area contributed by atoms with E-state index < -0.39 is 64.6 Å². The Morgan fingerprint density at radius 1 is 1.06 bits per heavy atom. The van der Waals surface area contributed by atoms with E-state index in [-0.39, 0.29) is 11.2 Å². The Bertz CT molecular complexity index is 1320. The second-order valence-corrected chi connectivity index (χ2v) is 6.50. The number of carbonyl (C=O) groups is 3. The van der Waals surface area contributed by atoms with E-state index >= 15 is 0 Å². The fourth-order valence-corrected chi connectivity index (χ4v) is 2.96. The van der Waals surface area contributed by atoms with Crippen LogP contribution in [0.2, 0.25) is 0 Å². The summed E-state index contributed by atoms with van der Waals surface area (Å²) >= 11 is 0. The summed E-state index contributed by atoms with van der Waals surface area (Å²) in [6.07, 6.45) is -9.61. The zero-order valence-corrected chi connectivity index (χ0v) is 16.1. The molecule has 13 heteroatoms. The molecule has 0 aliphatic rings. The number of aromatic carboxylic acids is 1. The van der Waals surface area contributed by atoms with Crippen LogP contribution in [0, 0.1) is 0 Å². The van der Waals surface area contributed by atoms with Crippen molar-refractivity contribution in [3.05, 3.63) is 63.9 Å². The second-order valence-electron chi connectivity index (χ2n) is 6.50. The molecule has 0 unspecified atom stereocenters. The van der Waals surface area contributed by atoms with Gasteiger partial charge in [0.25, 0.3) is 6.43 Å². The van der Waals surface area contributed by atoms with Crippen molar-refractivity contribution >= 4 is 28.4 Å². The minimum absolute atomic E-state index is 0.00900. The second kappa shape index (κ2) is 8.76. The molecule has 3 aromatic rings. The summed E-state index contributed by atoms with van der Waals surface area (Å²) in [6, 6.07) is 7.52. The van der Waals surface area contributed by atoms with E-state index in [0.29, 0.717) is 0 Å². The maximum absolute atomic E-state index is 12.7. The topological polar surface area (TPSA) is 116 Å². The number of carbonyl (C=O) groups excluding carboxylic acids is 2. The molecule has 0 aliphatic carbocycles. The molecule has 0 bridgehead atoms. The lowest BCUT2D eigenvalue weighted by molar-refractivity contribution is -0.274. The lowest BCUT2D eigenvalue weighted by Crippen LogP contribution is -2.25. The van der Waals surface area contributed by atoms with Gasteiger partial charge in [0, 0.05) is 5.56 Å². The molecule has 0 amide bonds. The SMILES string of the molecule is O=C(O)c1nn(-c2ccc(OC(F)(F)F)cc2)c2cccc(C(=O)CC(=O)C(F)F)c2c1=O. The van der Waals surface area contributed by atoms with Gasteiger partial charge in [-0.15, -0.1) is 13.2 Å². The van der Waals surface area contributed by atoms with Gasteiger partial charge in [0.05, 0.1) is 23.0 Å². The summed E-state index contributed by atoms with van der Waals surface area (Å²) in [6.45, 7) is 0. The van der Waals surface area contributed by atoms with Crippen molar-refractivity contribution < 1.29 is 46.2 Å². The summed E-state index contributed by atoms with van der Waals surface area (Å²) < 4.78 is 66.9. The van der Waals surface area contributed by atoms with Gasteiger partial charge in [0.15, 0.2) is 5.78 Å². The summed E-state index contributed by atoms with van der Waals surface area (Å²) in [4.78, 5) is 48.0. The van der Waals surface area contributed by atoms with Crippen molar-refractivity contribution in [1.82, 2.24) is 9.78 Å². The highest BCUT2D eigenvalue weighted by molar-refractivity contribution is 6.15. The molecule has 0 saturated carbocycles. The first-order valence-electron chi connectivity index (χ1n) is 8.88. The monoisotopic (exact) mass is 470 g/mol. The Labute approximate surface area is 179 Å². The quantitative estimate of drug-likeness (QED) is 0.320. The highest BCUT2D eigenvalue weighted by atomic mass is 19.4. The van der Waals surface area contributed by atoms with Gasteiger partial charge >= 0.3 is 12.3 Å². The number of benzene rings is 2. The summed E-state index contributed by atoms with van der Waals surface area (Å²) in [7, 11) is 0. The molecule has 0 radical (unpaired) electrons. The highest BCUT2D eigenvalue weighted by Gasteiger charge is 2.31. The Morgan fingerprint density at radius 2 is 1.70 bits per heavy atom. The number of ether oxygens (including phenoxy) is 1. The molecule has 0 saturated heterocycles. The van der Waals surface area contributed by atoms with E-state index in [1.807, 2.05) is 0 Å². The number of hydrogen-bond acceptors (Lipinski definition) is 6. The number of fused-ring (bicyclic) bond motifs is 1. The van der Waals surface area contributed by atoms with E-state index in [2.05, 4.69) is 9.84 Å². The predicted octanol–water partition coefficient (Wildman–Crippen LogP) is 3.39. The molecule has 1 heterocycles. The number of Topliss-reactive ketones (excluding diaryl/α,β-unsaturated/α-hetero) is 2. The average molecular weight is 470 g/mol. The number of alkyl halides is 5. The third-order valence-electron chi connectivity index (χ3n) is 4.31. The van der Waals surface area contributed by atoms with Gasteiger partial charge in [-0.3, -0.25) is 14.4 Å². The number of ketones is 2. The number of aromatic nitrogens is 2. The number of halogens is 5. The Morgan fingerprint density at radius 3 is 2.24 bits per heavy atom. The Kier molecular flexibility index (Phi) is 6.24. The molecule has 172 valence electrons. The van der Waals surface area contributed by atoms with Crippen molar-refractivity contribution in [3.63, 3.8) is 0 Å². The maximum Gasteiger partial charge on any atom is 0.573 e. The predicted molar refractivity (Wildman–Crippen MR) is 101 cm³/mol. The van der Waals surface area contributed by atoms with E-state index in [9.17, 15) is 46.2 Å². The van der Waals surface area contributed by atoms with Crippen LogP contribution in [0.15, 0.2) is 47.3 Å². The Balaban J connectivity index is 2.22. The van der Waals surface area contributed by atoms with Crippen LogP contribution in [0.4, 0.5) is 22.0 Å². The summed E-state index contributed by atoms with van der Waals surface area (Å²) in [5.74, 6) is -5.20. The van der Waals surface area contributed by atoms with Gasteiger partial charge in [-0.05, 0) is 30.3 Å². The third-order valence-corrected chi connectivity index (χ3v) is 4.31. The number of nitrogens with zero attached hydrogens (tertiary/aromatic N) is 2. The lowest BCUT2D eigenvalue weighted by Gasteiger charge is -2.14. The lowest BCUT2D eigenvalue weighted by atomic mass is 10.00. The number of rotatable bonds is 7. The van der Waals surface area contributed by atoms with Crippen LogP contribution < -0.4 is 10.2 Å². The average Bonchev–Trinajstić information content (AvgIpc) is 2.72. The van der Waals surface area contributed by atoms with Crippen molar-refractivity contribution in [2.75, 3.05) is 0 Å². The first-order chi connectivity index (χ1) is 15.4. The van der Waals surface area contributed by atoms with Crippen LogP contribution >= 0.6 is 0 Å². The third kappa shape index (κ3) is 5.02. The zero-order valence-electron chi connectivity index (χ0n) is 16.1. The molecule has 0 spiro atoms. The standard InChI is InChI=1S/C20H11F5N2O6/c21-18(22)14(29)8-13(28)11-2-1-3-12-15(11)17(30)16(19(31)32)26-27(12)9-4-6-10(7-5-9)33-20(23,24)25/h1-7,18H,8H2,(H,31,32). The minimum Gasteiger partial charge on any atom is -0.476 e. The number of hydrogen-bond donors (Lipinski definition) is 1. The Hall–Kier alpha value is -4.16. The molecule has 1 aromatic heterocycles. The van der Waals surface area contributed by atoms with Gasteiger partial charge in [-0.2, -0.15) is 5.10 Å². The van der Waals surface area contributed by atoms with Gasteiger partial charge < -0.3 is 9.84 Å². The molecular weight excluding hydrogens is 459 g/mol. The van der Waals surface area contributed by atoms with Gasteiger partial charge in [-0.1, -0.05) is 12.1 Å². The van der Waals surface area contributed by atoms with Gasteiger partial charge in [0.2, 0.25) is 16.9 Å². The summed E-state index contributed by atoms with van der Waals surface area (Å²) in [5, 5.41) is 12.6. The summed E-state index contributed by atoms with van der Waals surface area (Å²) in [5.41, 5.74) is -2.89. The molecule has 33 heavy (non-hydrogen) atoms. The van der Waals surface area contributed by atoms with Gasteiger partial charge in [0.1, 0.15) is 5.75 Å². The van der Waals surface area contributed by atoms with Crippen LogP contribution in [0.3, 0.4) is 0 Å². The van der Waals surface area contributed by atoms with Crippen LogP contribution in [-0.2, 0) is 4.79 Å². The minimum atomic E-state index is -4.95.